The Kier molecular flexibility index (Phi) is 7.38. The molecule has 0 saturated heterocycles. The predicted molar refractivity (Wildman–Crippen MR) is 72.4 cm³/mol. The summed E-state index contributed by atoms with van der Waals surface area (Å²) in [6.45, 7) is 3.40. The van der Waals surface area contributed by atoms with E-state index in [0.717, 1.165) is 16.6 Å². The first-order valence-corrected chi connectivity index (χ1v) is 5.63. The van der Waals surface area contributed by atoms with Gasteiger partial charge in [0.2, 0.25) is 0 Å². The Balaban J connectivity index is 0.00000225. The van der Waals surface area contributed by atoms with Gasteiger partial charge in [-0.25, -0.2) is 0 Å². The summed E-state index contributed by atoms with van der Waals surface area (Å²) < 4.78 is 0.837. The zero-order valence-electron chi connectivity index (χ0n) is 9.34. The molecular weight excluding hydrogens is 291 g/mol. The van der Waals surface area contributed by atoms with Gasteiger partial charge in [0.05, 0.1) is 5.56 Å². The molecule has 5 heteroatoms. The normalized spacial score (nSPS) is 9.44. The minimum Gasteiger partial charge on any atom is -0.351 e. The largest absolute Gasteiger partial charge is 0.351 e. The molecule has 16 heavy (non-hydrogen) atoms. The fourth-order valence-electron chi connectivity index (χ4n) is 1.20. The molecule has 0 bridgehead atoms. The molecular formula is C11H16BrClN2O. The third kappa shape index (κ3) is 4.51. The lowest BCUT2D eigenvalue weighted by Gasteiger charge is -2.07. The highest BCUT2D eigenvalue weighted by Gasteiger charge is 2.08. The second-order valence-corrected chi connectivity index (χ2v) is 4.20. The molecule has 0 spiro atoms. The van der Waals surface area contributed by atoms with Crippen LogP contribution in [0.1, 0.15) is 15.9 Å². The summed E-state index contributed by atoms with van der Waals surface area (Å²) in [6.07, 6.45) is 0. The minimum absolute atomic E-state index is 0. The van der Waals surface area contributed by atoms with Crippen LogP contribution in [-0.2, 0) is 0 Å². The average molecular weight is 308 g/mol. The number of likely N-dealkylation sites (N-methyl/N-ethyl adjacent to an activating group) is 1. The Morgan fingerprint density at radius 3 is 2.62 bits per heavy atom. The second kappa shape index (κ2) is 7.65. The molecule has 0 aliphatic carbocycles. The van der Waals surface area contributed by atoms with Crippen LogP contribution in [-0.4, -0.2) is 26.0 Å². The van der Waals surface area contributed by atoms with E-state index in [0.29, 0.717) is 12.1 Å². The smallest absolute Gasteiger partial charge is 0.252 e. The molecule has 1 amide bonds. The van der Waals surface area contributed by atoms with E-state index in [-0.39, 0.29) is 18.3 Å². The zero-order valence-corrected chi connectivity index (χ0v) is 11.7. The molecule has 90 valence electrons. The van der Waals surface area contributed by atoms with Gasteiger partial charge in [-0.3, -0.25) is 4.79 Å². The van der Waals surface area contributed by atoms with E-state index in [9.17, 15) is 4.79 Å². The molecule has 0 radical (unpaired) electrons. The molecule has 0 aliphatic heterocycles. The lowest BCUT2D eigenvalue weighted by Crippen LogP contribution is -2.30. The van der Waals surface area contributed by atoms with Crippen LogP contribution in [0.15, 0.2) is 22.7 Å². The van der Waals surface area contributed by atoms with Crippen molar-refractivity contribution in [1.29, 1.82) is 0 Å². The van der Waals surface area contributed by atoms with E-state index in [1.165, 1.54) is 0 Å². The summed E-state index contributed by atoms with van der Waals surface area (Å²) in [5, 5.41) is 5.80. The maximum Gasteiger partial charge on any atom is 0.252 e. The summed E-state index contributed by atoms with van der Waals surface area (Å²) >= 11 is 3.38. The summed E-state index contributed by atoms with van der Waals surface area (Å²) in [5.74, 6) is -0.0443. The molecule has 0 aromatic heterocycles. The fraction of sp³-hybridized carbons (Fsp3) is 0.364. The van der Waals surface area contributed by atoms with Crippen LogP contribution in [0, 0.1) is 6.92 Å². The summed E-state index contributed by atoms with van der Waals surface area (Å²) in [7, 11) is 1.86. The number of hydrogen-bond donors (Lipinski definition) is 2. The Labute approximate surface area is 111 Å². The molecule has 0 atom stereocenters. The minimum atomic E-state index is -0.0443. The van der Waals surface area contributed by atoms with Gasteiger partial charge in [-0.05, 0) is 47.6 Å². The van der Waals surface area contributed by atoms with Gasteiger partial charge >= 0.3 is 0 Å². The predicted octanol–water partition coefficient (Wildman–Crippen LogP) is 2.13. The van der Waals surface area contributed by atoms with Crippen LogP contribution < -0.4 is 10.6 Å². The van der Waals surface area contributed by atoms with Crippen LogP contribution in [0.25, 0.3) is 0 Å². The van der Waals surface area contributed by atoms with E-state index < -0.39 is 0 Å². The van der Waals surface area contributed by atoms with Gasteiger partial charge in [-0.1, -0.05) is 6.07 Å². The second-order valence-electron chi connectivity index (χ2n) is 3.34. The monoisotopic (exact) mass is 306 g/mol. The van der Waals surface area contributed by atoms with Crippen LogP contribution in [0.2, 0.25) is 0 Å². The maximum atomic E-state index is 11.7. The summed E-state index contributed by atoms with van der Waals surface area (Å²) in [4.78, 5) is 11.7. The van der Waals surface area contributed by atoms with Crippen molar-refractivity contribution in [3.63, 3.8) is 0 Å². The van der Waals surface area contributed by atoms with Crippen LogP contribution in [0.4, 0.5) is 0 Å². The van der Waals surface area contributed by atoms with Crippen molar-refractivity contribution in [3.8, 4) is 0 Å². The van der Waals surface area contributed by atoms with Crippen molar-refractivity contribution in [1.82, 2.24) is 10.6 Å². The van der Waals surface area contributed by atoms with Gasteiger partial charge in [0.1, 0.15) is 0 Å². The van der Waals surface area contributed by atoms with Gasteiger partial charge in [0, 0.05) is 17.6 Å². The fourth-order valence-corrected chi connectivity index (χ4v) is 1.87. The van der Waals surface area contributed by atoms with Gasteiger partial charge < -0.3 is 10.6 Å². The first-order valence-electron chi connectivity index (χ1n) is 4.84. The SMILES string of the molecule is CNCCNC(=O)c1ccc(C)cc1Br.Cl. The molecule has 0 fully saturated rings. The number of nitrogens with one attached hydrogen (secondary N) is 2. The standard InChI is InChI=1S/C11H15BrN2O.ClH/c1-8-3-4-9(10(12)7-8)11(15)14-6-5-13-2;/h3-4,7,13H,5-6H2,1-2H3,(H,14,15);1H. The van der Waals surface area contributed by atoms with E-state index in [4.69, 9.17) is 0 Å². The third-order valence-corrected chi connectivity index (χ3v) is 2.69. The molecule has 1 aromatic rings. The van der Waals surface area contributed by atoms with Crippen molar-refractivity contribution in [2.75, 3.05) is 20.1 Å². The molecule has 1 rings (SSSR count). The topological polar surface area (TPSA) is 41.1 Å². The molecule has 3 nitrogen and oxygen atoms in total. The highest BCUT2D eigenvalue weighted by Crippen LogP contribution is 2.17. The van der Waals surface area contributed by atoms with Crippen molar-refractivity contribution in [2.24, 2.45) is 0 Å². The van der Waals surface area contributed by atoms with Gasteiger partial charge in [0.25, 0.3) is 5.91 Å². The maximum absolute atomic E-state index is 11.7. The summed E-state index contributed by atoms with van der Waals surface area (Å²) in [6, 6.07) is 5.69. The Morgan fingerprint density at radius 1 is 1.38 bits per heavy atom. The number of benzene rings is 1. The lowest BCUT2D eigenvalue weighted by atomic mass is 10.1. The van der Waals surface area contributed by atoms with E-state index in [1.54, 1.807) is 0 Å². The Hall–Kier alpha value is -0.580. The van der Waals surface area contributed by atoms with Crippen LogP contribution in [0.5, 0.6) is 0 Å². The van der Waals surface area contributed by atoms with E-state index in [1.807, 2.05) is 32.2 Å². The molecule has 1 aromatic carbocycles. The van der Waals surface area contributed by atoms with Crippen molar-refractivity contribution < 1.29 is 4.79 Å². The number of halogens is 2. The highest BCUT2D eigenvalue weighted by molar-refractivity contribution is 9.10. The molecule has 0 aliphatic rings. The first-order chi connectivity index (χ1) is 7.15. The Bertz CT molecular complexity index is 358. The van der Waals surface area contributed by atoms with Crippen LogP contribution >= 0.6 is 28.3 Å². The number of aryl methyl sites for hydroxylation is 1. The average Bonchev–Trinajstić information content (AvgIpc) is 2.17. The van der Waals surface area contributed by atoms with Gasteiger partial charge in [-0.15, -0.1) is 12.4 Å². The number of carbonyl (C=O) groups is 1. The number of hydrogen-bond acceptors (Lipinski definition) is 2. The van der Waals surface area contributed by atoms with Gasteiger partial charge in [-0.2, -0.15) is 0 Å². The number of rotatable bonds is 4. The molecule has 2 N–H and O–H groups in total. The van der Waals surface area contributed by atoms with E-state index >= 15 is 0 Å². The van der Waals surface area contributed by atoms with Crippen LogP contribution in [0.3, 0.4) is 0 Å². The lowest BCUT2D eigenvalue weighted by molar-refractivity contribution is 0.0953. The van der Waals surface area contributed by atoms with Crippen molar-refractivity contribution >= 4 is 34.2 Å². The molecule has 0 unspecified atom stereocenters. The quantitative estimate of drug-likeness (QED) is 0.837. The zero-order chi connectivity index (χ0) is 11.3. The van der Waals surface area contributed by atoms with Crippen molar-refractivity contribution in [3.05, 3.63) is 33.8 Å². The number of carbonyl (C=O) groups excluding carboxylic acids is 1. The third-order valence-electron chi connectivity index (χ3n) is 2.03. The molecule has 0 saturated carbocycles. The van der Waals surface area contributed by atoms with Crippen molar-refractivity contribution in [2.45, 2.75) is 6.92 Å². The molecule has 0 heterocycles. The van der Waals surface area contributed by atoms with E-state index in [2.05, 4.69) is 26.6 Å². The number of amides is 1. The van der Waals surface area contributed by atoms with Gasteiger partial charge in [0.15, 0.2) is 0 Å². The summed E-state index contributed by atoms with van der Waals surface area (Å²) in [5.41, 5.74) is 1.81. The Morgan fingerprint density at radius 2 is 2.06 bits per heavy atom. The first kappa shape index (κ1) is 15.4. The highest BCUT2D eigenvalue weighted by atomic mass is 79.9.